The van der Waals surface area contributed by atoms with Gasteiger partial charge in [0.15, 0.2) is 5.82 Å². The van der Waals surface area contributed by atoms with Crippen molar-refractivity contribution in [2.45, 2.75) is 13.3 Å². The molecule has 2 aromatic rings. The van der Waals surface area contributed by atoms with E-state index >= 15 is 0 Å². The second kappa shape index (κ2) is 5.81. The van der Waals surface area contributed by atoms with Crippen LogP contribution in [-0.4, -0.2) is 23.5 Å². The minimum Gasteiger partial charge on any atom is -0.360 e. The highest BCUT2D eigenvalue weighted by molar-refractivity contribution is 6.30. The Hall–Kier alpha value is -2.34. The largest absolute Gasteiger partial charge is 0.360 e. The Morgan fingerprint density at radius 2 is 2.14 bits per heavy atom. The monoisotopic (exact) mass is 319 g/mol. The van der Waals surface area contributed by atoms with Crippen LogP contribution in [0.2, 0.25) is 5.02 Å². The van der Waals surface area contributed by atoms with E-state index < -0.39 is 5.92 Å². The van der Waals surface area contributed by atoms with E-state index in [1.165, 1.54) is 0 Å². The number of amides is 2. The van der Waals surface area contributed by atoms with E-state index in [1.54, 1.807) is 42.2 Å². The molecular weight excluding hydrogens is 306 g/mol. The number of aryl methyl sites for hydroxylation is 1. The van der Waals surface area contributed by atoms with E-state index in [0.29, 0.717) is 23.1 Å². The molecule has 1 fully saturated rings. The highest BCUT2D eigenvalue weighted by Gasteiger charge is 2.35. The zero-order valence-corrected chi connectivity index (χ0v) is 12.6. The van der Waals surface area contributed by atoms with Crippen LogP contribution in [0, 0.1) is 12.8 Å². The lowest BCUT2D eigenvalue weighted by Gasteiger charge is -2.16. The molecule has 1 N–H and O–H groups in total. The zero-order chi connectivity index (χ0) is 15.7. The molecule has 1 aromatic carbocycles. The van der Waals surface area contributed by atoms with Gasteiger partial charge in [0.25, 0.3) is 0 Å². The Morgan fingerprint density at radius 1 is 1.41 bits per heavy atom. The van der Waals surface area contributed by atoms with Gasteiger partial charge < -0.3 is 14.7 Å². The molecular formula is C15H14ClN3O3. The lowest BCUT2D eigenvalue weighted by molar-refractivity contribution is -0.122. The summed E-state index contributed by atoms with van der Waals surface area (Å²) in [5.41, 5.74) is 0.738. The fraction of sp³-hybridized carbons (Fsp3) is 0.267. The number of nitrogens with one attached hydrogen (secondary N) is 1. The third-order valence-electron chi connectivity index (χ3n) is 3.51. The first-order chi connectivity index (χ1) is 10.5. The van der Waals surface area contributed by atoms with Crippen molar-refractivity contribution in [3.05, 3.63) is 41.1 Å². The number of aromatic nitrogens is 1. The lowest BCUT2D eigenvalue weighted by Crippen LogP contribution is -2.28. The summed E-state index contributed by atoms with van der Waals surface area (Å²) in [6.45, 7) is 2.08. The molecule has 0 unspecified atom stereocenters. The van der Waals surface area contributed by atoms with Crippen LogP contribution in [0.15, 0.2) is 34.9 Å². The van der Waals surface area contributed by atoms with Crippen LogP contribution >= 0.6 is 11.6 Å². The van der Waals surface area contributed by atoms with Gasteiger partial charge in [0.1, 0.15) is 5.76 Å². The summed E-state index contributed by atoms with van der Waals surface area (Å²) in [6, 6.07) is 8.60. The molecule has 1 atom stereocenters. The molecule has 2 heterocycles. The average molecular weight is 320 g/mol. The quantitative estimate of drug-likeness (QED) is 0.943. The number of benzene rings is 1. The molecule has 114 valence electrons. The number of carbonyl (C=O) groups excluding carboxylic acids is 2. The number of nitrogens with zero attached hydrogens (tertiary/aromatic N) is 2. The SMILES string of the molecule is Cc1cc(NC(=O)[C@@H]2CC(=O)N(c3ccc(Cl)cc3)C2)no1. The van der Waals surface area contributed by atoms with Gasteiger partial charge in [-0.2, -0.15) is 0 Å². The summed E-state index contributed by atoms with van der Waals surface area (Å²) in [6.07, 6.45) is 0.172. The predicted octanol–water partition coefficient (Wildman–Crippen LogP) is 2.63. The molecule has 3 rings (SSSR count). The van der Waals surface area contributed by atoms with Crippen molar-refractivity contribution in [3.63, 3.8) is 0 Å². The minimum atomic E-state index is -0.416. The van der Waals surface area contributed by atoms with Crippen molar-refractivity contribution in [1.29, 1.82) is 0 Å². The molecule has 0 spiro atoms. The van der Waals surface area contributed by atoms with Crippen molar-refractivity contribution >= 4 is 34.9 Å². The second-order valence-corrected chi connectivity index (χ2v) is 5.63. The van der Waals surface area contributed by atoms with E-state index in [1.807, 2.05) is 0 Å². The van der Waals surface area contributed by atoms with Gasteiger partial charge in [-0.25, -0.2) is 0 Å². The van der Waals surface area contributed by atoms with Crippen molar-refractivity contribution in [3.8, 4) is 0 Å². The molecule has 0 radical (unpaired) electrons. The Morgan fingerprint density at radius 3 is 2.77 bits per heavy atom. The molecule has 1 aliphatic heterocycles. The highest BCUT2D eigenvalue weighted by Crippen LogP contribution is 2.27. The van der Waals surface area contributed by atoms with Crippen molar-refractivity contribution in [2.75, 3.05) is 16.8 Å². The number of hydrogen-bond acceptors (Lipinski definition) is 4. The molecule has 7 heteroatoms. The fourth-order valence-electron chi connectivity index (χ4n) is 2.41. The number of halogens is 1. The summed E-state index contributed by atoms with van der Waals surface area (Å²) < 4.78 is 4.90. The van der Waals surface area contributed by atoms with Gasteiger partial charge >= 0.3 is 0 Å². The Balaban J connectivity index is 1.68. The molecule has 0 bridgehead atoms. The van der Waals surface area contributed by atoms with Crippen LogP contribution in [-0.2, 0) is 9.59 Å². The van der Waals surface area contributed by atoms with Gasteiger partial charge in [0.2, 0.25) is 11.8 Å². The molecule has 1 aliphatic rings. The number of rotatable bonds is 3. The molecule has 0 aliphatic carbocycles. The lowest BCUT2D eigenvalue weighted by atomic mass is 10.1. The van der Waals surface area contributed by atoms with Crippen LogP contribution in [0.4, 0.5) is 11.5 Å². The van der Waals surface area contributed by atoms with Crippen LogP contribution in [0.5, 0.6) is 0 Å². The van der Waals surface area contributed by atoms with Crippen LogP contribution < -0.4 is 10.2 Å². The summed E-state index contributed by atoms with van der Waals surface area (Å²) in [7, 11) is 0. The van der Waals surface area contributed by atoms with Crippen molar-refractivity contribution in [1.82, 2.24) is 5.16 Å². The standard InChI is InChI=1S/C15H14ClN3O3/c1-9-6-13(18-22-9)17-15(21)10-7-14(20)19(8-10)12-4-2-11(16)3-5-12/h2-6,10H,7-8H2,1H3,(H,17,18,21)/t10-/m1/s1. The first kappa shape index (κ1) is 14.6. The molecule has 6 nitrogen and oxygen atoms in total. The maximum Gasteiger partial charge on any atom is 0.231 e. The van der Waals surface area contributed by atoms with Gasteiger partial charge in [0.05, 0.1) is 5.92 Å². The number of anilines is 2. The summed E-state index contributed by atoms with van der Waals surface area (Å²) in [5.74, 6) is 0.234. The summed E-state index contributed by atoms with van der Waals surface area (Å²) in [4.78, 5) is 25.9. The van der Waals surface area contributed by atoms with Crippen LogP contribution in [0.25, 0.3) is 0 Å². The van der Waals surface area contributed by atoms with Gasteiger partial charge in [0, 0.05) is 29.7 Å². The smallest absolute Gasteiger partial charge is 0.231 e. The van der Waals surface area contributed by atoms with E-state index in [0.717, 1.165) is 5.69 Å². The van der Waals surface area contributed by atoms with E-state index in [2.05, 4.69) is 10.5 Å². The Labute approximate surface area is 132 Å². The van der Waals surface area contributed by atoms with E-state index in [9.17, 15) is 9.59 Å². The summed E-state index contributed by atoms with van der Waals surface area (Å²) >= 11 is 5.84. The highest BCUT2D eigenvalue weighted by atomic mass is 35.5. The molecule has 22 heavy (non-hydrogen) atoms. The van der Waals surface area contributed by atoms with Gasteiger partial charge in [-0.1, -0.05) is 16.8 Å². The van der Waals surface area contributed by atoms with Gasteiger partial charge in [-0.15, -0.1) is 0 Å². The first-order valence-corrected chi connectivity index (χ1v) is 7.21. The predicted molar refractivity (Wildman–Crippen MR) is 81.8 cm³/mol. The van der Waals surface area contributed by atoms with Crippen LogP contribution in [0.1, 0.15) is 12.2 Å². The average Bonchev–Trinajstić information content (AvgIpc) is 3.06. The molecule has 2 amide bonds. The van der Waals surface area contributed by atoms with Gasteiger partial charge in [-0.3, -0.25) is 9.59 Å². The maximum atomic E-state index is 12.2. The molecule has 1 aromatic heterocycles. The fourth-order valence-corrected chi connectivity index (χ4v) is 2.53. The molecule has 1 saturated heterocycles. The van der Waals surface area contributed by atoms with Crippen molar-refractivity contribution < 1.29 is 14.1 Å². The minimum absolute atomic E-state index is 0.0844. The van der Waals surface area contributed by atoms with E-state index in [-0.39, 0.29) is 18.2 Å². The Kier molecular flexibility index (Phi) is 3.85. The van der Waals surface area contributed by atoms with E-state index in [4.69, 9.17) is 16.1 Å². The molecule has 0 saturated carbocycles. The third-order valence-corrected chi connectivity index (χ3v) is 3.77. The normalized spacial score (nSPS) is 17.8. The van der Waals surface area contributed by atoms with Crippen LogP contribution in [0.3, 0.4) is 0 Å². The van der Waals surface area contributed by atoms with Crippen molar-refractivity contribution in [2.24, 2.45) is 5.92 Å². The second-order valence-electron chi connectivity index (χ2n) is 5.19. The Bertz CT molecular complexity index is 711. The number of hydrogen-bond donors (Lipinski definition) is 1. The topological polar surface area (TPSA) is 75.4 Å². The maximum absolute atomic E-state index is 12.2. The number of carbonyl (C=O) groups is 2. The third kappa shape index (κ3) is 2.96. The van der Waals surface area contributed by atoms with Gasteiger partial charge in [-0.05, 0) is 31.2 Å². The first-order valence-electron chi connectivity index (χ1n) is 6.83. The zero-order valence-electron chi connectivity index (χ0n) is 11.9. The summed E-state index contributed by atoms with van der Waals surface area (Å²) in [5, 5.41) is 6.98.